The van der Waals surface area contributed by atoms with Crippen LogP contribution >= 0.6 is 0 Å². The van der Waals surface area contributed by atoms with Crippen LogP contribution in [-0.4, -0.2) is 20.6 Å². The highest BCUT2D eigenvalue weighted by Crippen LogP contribution is 2.21. The number of carbonyl (C=O) groups is 1. The van der Waals surface area contributed by atoms with E-state index in [-0.39, 0.29) is 0 Å². The first-order chi connectivity index (χ1) is 9.66. The molecule has 1 aromatic carbocycles. The van der Waals surface area contributed by atoms with Gasteiger partial charge in [-0.05, 0) is 36.8 Å². The SMILES string of the molecule is Cc1cccnc1Cn1ccc2c(C(=O)O)cccc21. The van der Waals surface area contributed by atoms with E-state index in [1.165, 1.54) is 0 Å². The number of fused-ring (bicyclic) bond motifs is 1. The minimum Gasteiger partial charge on any atom is -0.478 e. The molecule has 0 atom stereocenters. The van der Waals surface area contributed by atoms with E-state index in [1.807, 2.05) is 42.0 Å². The molecular weight excluding hydrogens is 252 g/mol. The van der Waals surface area contributed by atoms with Gasteiger partial charge in [-0.3, -0.25) is 4.98 Å². The molecule has 0 fully saturated rings. The van der Waals surface area contributed by atoms with Crippen molar-refractivity contribution in [2.75, 3.05) is 0 Å². The number of aryl methyl sites for hydroxylation is 1. The van der Waals surface area contributed by atoms with Crippen LogP contribution in [0.1, 0.15) is 21.6 Å². The van der Waals surface area contributed by atoms with Crippen LogP contribution in [0.5, 0.6) is 0 Å². The van der Waals surface area contributed by atoms with Gasteiger partial charge in [0.25, 0.3) is 0 Å². The zero-order valence-electron chi connectivity index (χ0n) is 11.1. The fraction of sp³-hybridized carbons (Fsp3) is 0.125. The molecule has 0 unspecified atom stereocenters. The molecule has 3 rings (SSSR count). The van der Waals surface area contributed by atoms with Crippen LogP contribution in [0.4, 0.5) is 0 Å². The monoisotopic (exact) mass is 266 g/mol. The minimum absolute atomic E-state index is 0.332. The fourth-order valence-electron chi connectivity index (χ4n) is 2.39. The zero-order chi connectivity index (χ0) is 14.1. The van der Waals surface area contributed by atoms with Gasteiger partial charge in [0.05, 0.1) is 17.8 Å². The van der Waals surface area contributed by atoms with Crippen LogP contribution in [0, 0.1) is 6.92 Å². The molecule has 0 amide bonds. The lowest BCUT2D eigenvalue weighted by atomic mass is 10.1. The lowest BCUT2D eigenvalue weighted by Gasteiger charge is -2.08. The Morgan fingerprint density at radius 2 is 2.10 bits per heavy atom. The Labute approximate surface area is 116 Å². The Kier molecular flexibility index (Phi) is 2.99. The largest absolute Gasteiger partial charge is 0.478 e. The molecule has 3 aromatic rings. The number of aromatic carboxylic acids is 1. The molecule has 20 heavy (non-hydrogen) atoms. The average molecular weight is 266 g/mol. The van der Waals surface area contributed by atoms with Crippen LogP contribution in [0.2, 0.25) is 0 Å². The third-order valence-electron chi connectivity index (χ3n) is 3.48. The highest BCUT2D eigenvalue weighted by atomic mass is 16.4. The Balaban J connectivity index is 2.08. The quantitative estimate of drug-likeness (QED) is 0.792. The van der Waals surface area contributed by atoms with Gasteiger partial charge < -0.3 is 9.67 Å². The Morgan fingerprint density at radius 3 is 2.85 bits per heavy atom. The standard InChI is InChI=1S/C16H14N2O2/c1-11-4-3-8-17-14(11)10-18-9-7-12-13(16(19)20)5-2-6-15(12)18/h2-9H,10H2,1H3,(H,19,20). The number of carboxylic acids is 1. The van der Waals surface area contributed by atoms with Crippen LogP contribution in [-0.2, 0) is 6.54 Å². The number of nitrogens with zero attached hydrogens (tertiary/aromatic N) is 2. The van der Waals surface area contributed by atoms with Gasteiger partial charge in [0, 0.05) is 23.3 Å². The number of pyridine rings is 1. The van der Waals surface area contributed by atoms with Crippen molar-refractivity contribution in [1.82, 2.24) is 9.55 Å². The average Bonchev–Trinajstić information content (AvgIpc) is 2.84. The van der Waals surface area contributed by atoms with Crippen molar-refractivity contribution < 1.29 is 9.90 Å². The van der Waals surface area contributed by atoms with Crippen LogP contribution in [0.25, 0.3) is 10.9 Å². The summed E-state index contributed by atoms with van der Waals surface area (Å²) < 4.78 is 2.02. The molecule has 1 N–H and O–H groups in total. The second kappa shape index (κ2) is 4.81. The lowest BCUT2D eigenvalue weighted by Crippen LogP contribution is -2.03. The third-order valence-corrected chi connectivity index (χ3v) is 3.48. The first kappa shape index (κ1) is 12.4. The highest BCUT2D eigenvalue weighted by molar-refractivity contribution is 6.02. The molecule has 4 nitrogen and oxygen atoms in total. The van der Waals surface area contributed by atoms with Crippen molar-refractivity contribution in [1.29, 1.82) is 0 Å². The summed E-state index contributed by atoms with van der Waals surface area (Å²) in [6.07, 6.45) is 3.68. The highest BCUT2D eigenvalue weighted by Gasteiger charge is 2.11. The summed E-state index contributed by atoms with van der Waals surface area (Å²) in [5.41, 5.74) is 3.36. The Morgan fingerprint density at radius 1 is 1.25 bits per heavy atom. The third kappa shape index (κ3) is 2.05. The van der Waals surface area contributed by atoms with Gasteiger partial charge in [-0.15, -0.1) is 0 Å². The molecule has 0 aliphatic carbocycles. The van der Waals surface area contributed by atoms with Crippen molar-refractivity contribution >= 4 is 16.9 Å². The van der Waals surface area contributed by atoms with Gasteiger partial charge in [0.2, 0.25) is 0 Å². The summed E-state index contributed by atoms with van der Waals surface area (Å²) >= 11 is 0. The van der Waals surface area contributed by atoms with E-state index in [0.717, 1.165) is 22.2 Å². The number of hydrogen-bond acceptors (Lipinski definition) is 2. The normalized spacial score (nSPS) is 10.8. The maximum absolute atomic E-state index is 11.2. The van der Waals surface area contributed by atoms with Crippen molar-refractivity contribution in [3.05, 3.63) is 65.6 Å². The molecule has 100 valence electrons. The fourth-order valence-corrected chi connectivity index (χ4v) is 2.39. The van der Waals surface area contributed by atoms with Gasteiger partial charge in [0.15, 0.2) is 0 Å². The molecule has 0 saturated heterocycles. The lowest BCUT2D eigenvalue weighted by molar-refractivity contribution is 0.0699. The van der Waals surface area contributed by atoms with Crippen LogP contribution < -0.4 is 0 Å². The molecular formula is C16H14N2O2. The molecule has 0 aliphatic heterocycles. The first-order valence-corrected chi connectivity index (χ1v) is 6.38. The van der Waals surface area contributed by atoms with Crippen molar-refractivity contribution in [3.8, 4) is 0 Å². The van der Waals surface area contributed by atoms with Crippen LogP contribution in [0.3, 0.4) is 0 Å². The summed E-state index contributed by atoms with van der Waals surface area (Å²) in [5, 5.41) is 9.96. The second-order valence-corrected chi connectivity index (χ2v) is 4.75. The zero-order valence-corrected chi connectivity index (χ0v) is 11.1. The molecule has 4 heteroatoms. The van der Waals surface area contributed by atoms with E-state index >= 15 is 0 Å². The summed E-state index contributed by atoms with van der Waals surface area (Å²) in [4.78, 5) is 15.6. The molecule has 2 heterocycles. The van der Waals surface area contributed by atoms with Gasteiger partial charge in [0.1, 0.15) is 0 Å². The van der Waals surface area contributed by atoms with Crippen molar-refractivity contribution in [3.63, 3.8) is 0 Å². The minimum atomic E-state index is -0.901. The predicted octanol–water partition coefficient (Wildman–Crippen LogP) is 3.09. The van der Waals surface area contributed by atoms with E-state index in [9.17, 15) is 9.90 Å². The van der Waals surface area contributed by atoms with Gasteiger partial charge in [-0.2, -0.15) is 0 Å². The second-order valence-electron chi connectivity index (χ2n) is 4.75. The molecule has 0 bridgehead atoms. The number of aromatic nitrogens is 2. The predicted molar refractivity (Wildman–Crippen MR) is 77.0 cm³/mol. The molecule has 0 spiro atoms. The summed E-state index contributed by atoms with van der Waals surface area (Å²) in [6.45, 7) is 2.66. The molecule has 2 aromatic heterocycles. The van der Waals surface area contributed by atoms with E-state index < -0.39 is 5.97 Å². The molecule has 0 radical (unpaired) electrons. The summed E-state index contributed by atoms with van der Waals surface area (Å²) in [5.74, 6) is -0.901. The number of rotatable bonds is 3. The van der Waals surface area contributed by atoms with Gasteiger partial charge in [-0.25, -0.2) is 4.79 Å². The van der Waals surface area contributed by atoms with Crippen molar-refractivity contribution in [2.24, 2.45) is 0 Å². The van der Waals surface area contributed by atoms with E-state index in [2.05, 4.69) is 4.98 Å². The smallest absolute Gasteiger partial charge is 0.336 e. The maximum Gasteiger partial charge on any atom is 0.336 e. The summed E-state index contributed by atoms with van der Waals surface area (Å²) in [7, 11) is 0. The van der Waals surface area contributed by atoms with E-state index in [1.54, 1.807) is 18.3 Å². The maximum atomic E-state index is 11.2. The van der Waals surface area contributed by atoms with Gasteiger partial charge in [-0.1, -0.05) is 12.1 Å². The summed E-state index contributed by atoms with van der Waals surface area (Å²) in [6, 6.07) is 11.1. The van der Waals surface area contributed by atoms with Crippen molar-refractivity contribution in [2.45, 2.75) is 13.5 Å². The number of hydrogen-bond donors (Lipinski definition) is 1. The Hall–Kier alpha value is -2.62. The van der Waals surface area contributed by atoms with Gasteiger partial charge >= 0.3 is 5.97 Å². The number of carboxylic acid groups (broad SMARTS) is 1. The topological polar surface area (TPSA) is 55.1 Å². The number of benzene rings is 1. The van der Waals surface area contributed by atoms with Crippen LogP contribution in [0.15, 0.2) is 48.8 Å². The molecule has 0 aliphatic rings. The van der Waals surface area contributed by atoms with E-state index in [4.69, 9.17) is 0 Å². The Bertz CT molecular complexity index is 790. The first-order valence-electron chi connectivity index (χ1n) is 6.38. The van der Waals surface area contributed by atoms with E-state index in [0.29, 0.717) is 12.1 Å². The molecule has 0 saturated carbocycles.